The van der Waals surface area contributed by atoms with E-state index in [1.807, 2.05) is 6.07 Å². The van der Waals surface area contributed by atoms with E-state index in [4.69, 9.17) is 12.2 Å². The largest absolute Gasteiger partial charge is 0.195 e. The SMILES string of the molecule is S=C=Nc1ccc2c(c1)CCC(c1ccc(CC3CCC3)cc1)=C2. The van der Waals surface area contributed by atoms with Gasteiger partial charge in [-0.25, -0.2) is 0 Å². The highest BCUT2D eigenvalue weighted by Gasteiger charge is 2.18. The number of benzene rings is 2. The Labute approximate surface area is 149 Å². The van der Waals surface area contributed by atoms with E-state index in [0.29, 0.717) is 0 Å². The minimum absolute atomic E-state index is 0.904. The lowest BCUT2D eigenvalue weighted by atomic mass is 9.80. The molecule has 0 radical (unpaired) electrons. The fraction of sp³-hybridized carbons (Fsp3) is 0.318. The van der Waals surface area contributed by atoms with Crippen molar-refractivity contribution >= 4 is 34.7 Å². The summed E-state index contributed by atoms with van der Waals surface area (Å²) in [5.74, 6) is 0.931. The van der Waals surface area contributed by atoms with Crippen LogP contribution in [0.1, 0.15) is 47.9 Å². The summed E-state index contributed by atoms with van der Waals surface area (Å²) in [6.07, 6.45) is 9.98. The average molecular weight is 331 g/mol. The molecular weight excluding hydrogens is 310 g/mol. The molecule has 2 aliphatic carbocycles. The van der Waals surface area contributed by atoms with Gasteiger partial charge in [0.1, 0.15) is 0 Å². The minimum Gasteiger partial charge on any atom is -0.195 e. The number of fused-ring (bicyclic) bond motifs is 1. The molecule has 0 spiro atoms. The van der Waals surface area contributed by atoms with Gasteiger partial charge in [-0.3, -0.25) is 0 Å². The number of isothiocyanates is 1. The van der Waals surface area contributed by atoms with Crippen molar-refractivity contribution in [2.75, 3.05) is 0 Å². The molecule has 0 N–H and O–H groups in total. The summed E-state index contributed by atoms with van der Waals surface area (Å²) < 4.78 is 0. The van der Waals surface area contributed by atoms with Gasteiger partial charge in [0.25, 0.3) is 0 Å². The molecule has 2 heteroatoms. The molecule has 0 heterocycles. The van der Waals surface area contributed by atoms with Crippen LogP contribution in [0.5, 0.6) is 0 Å². The monoisotopic (exact) mass is 331 g/mol. The smallest absolute Gasteiger partial charge is 0.0742 e. The molecule has 24 heavy (non-hydrogen) atoms. The zero-order chi connectivity index (χ0) is 16.4. The summed E-state index contributed by atoms with van der Waals surface area (Å²) in [6, 6.07) is 15.5. The predicted octanol–water partition coefficient (Wildman–Crippen LogP) is 6.25. The van der Waals surface area contributed by atoms with Gasteiger partial charge in [-0.1, -0.05) is 55.7 Å². The first-order valence-corrected chi connectivity index (χ1v) is 9.23. The van der Waals surface area contributed by atoms with Crippen LogP contribution >= 0.6 is 12.2 Å². The molecule has 0 unspecified atom stereocenters. The van der Waals surface area contributed by atoms with Crippen LogP contribution in [-0.4, -0.2) is 5.16 Å². The van der Waals surface area contributed by atoms with Crippen LogP contribution in [0, 0.1) is 5.92 Å². The number of thiocarbonyl (C=S) groups is 1. The van der Waals surface area contributed by atoms with E-state index >= 15 is 0 Å². The van der Waals surface area contributed by atoms with Crippen molar-refractivity contribution in [1.82, 2.24) is 0 Å². The van der Waals surface area contributed by atoms with Crippen LogP contribution in [0.4, 0.5) is 5.69 Å². The van der Waals surface area contributed by atoms with Crippen LogP contribution in [0.25, 0.3) is 11.6 Å². The Morgan fingerprint density at radius 1 is 1.04 bits per heavy atom. The van der Waals surface area contributed by atoms with E-state index in [-0.39, 0.29) is 0 Å². The van der Waals surface area contributed by atoms with E-state index in [1.165, 1.54) is 53.5 Å². The summed E-state index contributed by atoms with van der Waals surface area (Å²) in [4.78, 5) is 4.08. The second-order valence-electron chi connectivity index (χ2n) is 6.95. The maximum absolute atomic E-state index is 4.69. The second-order valence-corrected chi connectivity index (χ2v) is 7.14. The van der Waals surface area contributed by atoms with Gasteiger partial charge >= 0.3 is 0 Å². The summed E-state index contributed by atoms with van der Waals surface area (Å²) in [5, 5.41) is 2.45. The Hall–Kier alpha value is -2.02. The zero-order valence-electron chi connectivity index (χ0n) is 13.8. The Kier molecular flexibility index (Phi) is 4.42. The van der Waals surface area contributed by atoms with E-state index in [0.717, 1.165) is 24.4 Å². The van der Waals surface area contributed by atoms with Gasteiger partial charge in [-0.05, 0) is 77.4 Å². The molecule has 1 nitrogen and oxygen atoms in total. The lowest BCUT2D eigenvalue weighted by molar-refractivity contribution is 0.314. The molecule has 0 aliphatic heterocycles. The fourth-order valence-electron chi connectivity index (χ4n) is 3.71. The Bertz CT molecular complexity index is 822. The first-order valence-electron chi connectivity index (χ1n) is 8.82. The molecule has 1 fully saturated rings. The predicted molar refractivity (Wildman–Crippen MR) is 105 cm³/mol. The van der Waals surface area contributed by atoms with E-state index in [2.05, 4.69) is 52.6 Å². The number of aliphatic imine (C=N–C) groups is 1. The molecule has 2 aromatic rings. The van der Waals surface area contributed by atoms with Crippen LogP contribution in [0.15, 0.2) is 47.5 Å². The number of hydrogen-bond donors (Lipinski definition) is 0. The topological polar surface area (TPSA) is 12.4 Å². The van der Waals surface area contributed by atoms with Crippen LogP contribution in [0.3, 0.4) is 0 Å². The normalized spacial score (nSPS) is 16.6. The van der Waals surface area contributed by atoms with Crippen molar-refractivity contribution in [1.29, 1.82) is 0 Å². The number of allylic oxidation sites excluding steroid dienone is 1. The van der Waals surface area contributed by atoms with Gasteiger partial charge in [0.15, 0.2) is 0 Å². The quantitative estimate of drug-likeness (QED) is 0.476. The first-order chi connectivity index (χ1) is 11.8. The standard InChI is InChI=1S/C22H21NS/c24-15-23-22-11-10-20-13-19(8-9-21(20)14-22)18-6-4-17(5-7-18)12-16-2-1-3-16/h4-7,10-11,13-14,16H,1-3,8-9,12H2. The molecule has 1 saturated carbocycles. The number of hydrogen-bond acceptors (Lipinski definition) is 2. The van der Waals surface area contributed by atoms with Gasteiger partial charge < -0.3 is 0 Å². The van der Waals surface area contributed by atoms with E-state index < -0.39 is 0 Å². The molecule has 4 rings (SSSR count). The van der Waals surface area contributed by atoms with Gasteiger partial charge in [-0.2, -0.15) is 4.99 Å². The molecule has 0 saturated heterocycles. The van der Waals surface area contributed by atoms with Crippen molar-refractivity contribution in [3.05, 3.63) is 64.7 Å². The van der Waals surface area contributed by atoms with Crippen molar-refractivity contribution in [2.45, 2.75) is 38.5 Å². The van der Waals surface area contributed by atoms with Crippen LogP contribution in [0.2, 0.25) is 0 Å². The number of rotatable bonds is 4. The van der Waals surface area contributed by atoms with Crippen molar-refractivity contribution < 1.29 is 0 Å². The second kappa shape index (κ2) is 6.84. The average Bonchev–Trinajstić information content (AvgIpc) is 2.58. The highest BCUT2D eigenvalue weighted by atomic mass is 32.1. The van der Waals surface area contributed by atoms with Crippen molar-refractivity contribution in [3.63, 3.8) is 0 Å². The highest BCUT2D eigenvalue weighted by molar-refractivity contribution is 7.78. The molecule has 2 aromatic carbocycles. The van der Waals surface area contributed by atoms with Crippen LogP contribution < -0.4 is 0 Å². The Morgan fingerprint density at radius 2 is 1.88 bits per heavy atom. The van der Waals surface area contributed by atoms with E-state index in [9.17, 15) is 0 Å². The summed E-state index contributed by atoms with van der Waals surface area (Å²) >= 11 is 4.69. The molecular formula is C22H21NS. The fourth-order valence-corrected chi connectivity index (χ4v) is 3.82. The number of aryl methyl sites for hydroxylation is 1. The third-order valence-electron chi connectivity index (χ3n) is 5.37. The first kappa shape index (κ1) is 15.5. The number of nitrogens with zero attached hydrogens (tertiary/aromatic N) is 1. The molecule has 120 valence electrons. The Balaban J connectivity index is 1.54. The third kappa shape index (κ3) is 3.26. The van der Waals surface area contributed by atoms with Gasteiger partial charge in [0.05, 0.1) is 10.8 Å². The van der Waals surface area contributed by atoms with Crippen molar-refractivity contribution in [2.24, 2.45) is 10.9 Å². The van der Waals surface area contributed by atoms with Crippen LogP contribution in [-0.2, 0) is 12.8 Å². The lowest BCUT2D eigenvalue weighted by Gasteiger charge is -2.25. The maximum Gasteiger partial charge on any atom is 0.0742 e. The molecule has 0 amide bonds. The Morgan fingerprint density at radius 3 is 2.58 bits per heavy atom. The third-order valence-corrected chi connectivity index (χ3v) is 5.46. The van der Waals surface area contributed by atoms with Gasteiger partial charge in [-0.15, -0.1) is 0 Å². The molecule has 0 bridgehead atoms. The maximum atomic E-state index is 4.69. The molecule has 0 atom stereocenters. The lowest BCUT2D eigenvalue weighted by Crippen LogP contribution is -2.13. The molecule has 0 aromatic heterocycles. The summed E-state index contributed by atoms with van der Waals surface area (Å²) in [6.45, 7) is 0. The highest BCUT2D eigenvalue weighted by Crippen LogP contribution is 2.33. The minimum atomic E-state index is 0.904. The van der Waals surface area contributed by atoms with Gasteiger partial charge in [0.2, 0.25) is 0 Å². The summed E-state index contributed by atoms with van der Waals surface area (Å²) in [5.41, 5.74) is 7.84. The molecule has 2 aliphatic rings. The zero-order valence-corrected chi connectivity index (χ0v) is 14.6. The van der Waals surface area contributed by atoms with Crippen molar-refractivity contribution in [3.8, 4) is 0 Å². The van der Waals surface area contributed by atoms with Gasteiger partial charge in [0, 0.05) is 0 Å². The summed E-state index contributed by atoms with van der Waals surface area (Å²) in [7, 11) is 0. The van der Waals surface area contributed by atoms with E-state index in [1.54, 1.807) is 0 Å².